The lowest BCUT2D eigenvalue weighted by molar-refractivity contribution is 0.100. The second-order valence-corrected chi connectivity index (χ2v) is 4.44. The third kappa shape index (κ3) is 2.60. The summed E-state index contributed by atoms with van der Waals surface area (Å²) in [6.45, 7) is 0. The molecule has 0 aliphatic rings. The fraction of sp³-hybridized carbons (Fsp3) is 0. The van der Waals surface area contributed by atoms with Gasteiger partial charge < -0.3 is 16.2 Å². The van der Waals surface area contributed by atoms with Crippen LogP contribution in [0.15, 0.2) is 41.1 Å². The smallest absolute Gasteiger partial charge is 0.250 e. The van der Waals surface area contributed by atoms with Gasteiger partial charge in [0.15, 0.2) is 5.75 Å². The van der Waals surface area contributed by atoms with Gasteiger partial charge >= 0.3 is 0 Å². The zero-order valence-corrected chi connectivity index (χ0v) is 10.8. The number of rotatable bonds is 3. The van der Waals surface area contributed by atoms with Crippen molar-refractivity contribution in [2.75, 3.05) is 5.73 Å². The molecule has 0 unspecified atom stereocenters. The zero-order chi connectivity index (χ0) is 13.1. The number of benzene rings is 1. The molecule has 5 nitrogen and oxygen atoms in total. The van der Waals surface area contributed by atoms with Crippen LogP contribution in [0.4, 0.5) is 5.69 Å². The number of hydrogen-bond donors (Lipinski definition) is 2. The van der Waals surface area contributed by atoms with E-state index in [2.05, 4.69) is 20.9 Å². The molecule has 92 valence electrons. The molecule has 1 amide bonds. The maximum atomic E-state index is 11.1. The van der Waals surface area contributed by atoms with E-state index in [0.29, 0.717) is 11.5 Å². The number of hydrogen-bond acceptors (Lipinski definition) is 4. The average molecular weight is 308 g/mol. The standard InChI is InChI=1S/C12H10BrN3O2/c13-7-4-8(6-16-5-7)18-10-3-1-2-9(11(10)14)12(15)17/h1-6H,14H2,(H2,15,17). The number of pyridine rings is 1. The fourth-order valence-corrected chi connectivity index (χ4v) is 1.77. The fourth-order valence-electron chi connectivity index (χ4n) is 1.42. The number of nitrogens with two attached hydrogens (primary N) is 2. The van der Waals surface area contributed by atoms with Gasteiger partial charge in [0.2, 0.25) is 0 Å². The van der Waals surface area contributed by atoms with Crippen LogP contribution in [0, 0.1) is 0 Å². The molecule has 4 N–H and O–H groups in total. The van der Waals surface area contributed by atoms with Gasteiger partial charge in [0, 0.05) is 10.7 Å². The largest absolute Gasteiger partial charge is 0.454 e. The van der Waals surface area contributed by atoms with Gasteiger partial charge in [-0.2, -0.15) is 0 Å². The monoisotopic (exact) mass is 307 g/mol. The molecule has 1 aromatic carbocycles. The minimum Gasteiger partial charge on any atom is -0.454 e. The zero-order valence-electron chi connectivity index (χ0n) is 9.26. The van der Waals surface area contributed by atoms with Gasteiger partial charge in [-0.3, -0.25) is 9.78 Å². The molecule has 0 saturated carbocycles. The summed E-state index contributed by atoms with van der Waals surface area (Å²) in [4.78, 5) is 15.1. The number of halogens is 1. The molecule has 2 rings (SSSR count). The highest BCUT2D eigenvalue weighted by molar-refractivity contribution is 9.10. The van der Waals surface area contributed by atoms with Gasteiger partial charge in [-0.05, 0) is 34.1 Å². The van der Waals surface area contributed by atoms with Crippen molar-refractivity contribution in [3.8, 4) is 11.5 Å². The van der Waals surface area contributed by atoms with Crippen LogP contribution in [0.25, 0.3) is 0 Å². The Bertz CT molecular complexity index is 602. The number of anilines is 1. The van der Waals surface area contributed by atoms with Crippen molar-refractivity contribution in [2.45, 2.75) is 0 Å². The lowest BCUT2D eigenvalue weighted by Gasteiger charge is -2.10. The first-order valence-corrected chi connectivity index (χ1v) is 5.84. The quantitative estimate of drug-likeness (QED) is 0.851. The Morgan fingerprint density at radius 1 is 1.33 bits per heavy atom. The van der Waals surface area contributed by atoms with Gasteiger partial charge in [0.25, 0.3) is 5.91 Å². The molecule has 0 radical (unpaired) electrons. The van der Waals surface area contributed by atoms with Crippen LogP contribution in [0.5, 0.6) is 11.5 Å². The SMILES string of the molecule is NC(=O)c1cccc(Oc2cncc(Br)c2)c1N. The van der Waals surface area contributed by atoms with E-state index in [1.807, 2.05) is 0 Å². The van der Waals surface area contributed by atoms with E-state index < -0.39 is 5.91 Å². The molecule has 1 aromatic heterocycles. The predicted molar refractivity (Wildman–Crippen MR) is 71.4 cm³/mol. The summed E-state index contributed by atoms with van der Waals surface area (Å²) in [6, 6.07) is 6.59. The number of amides is 1. The van der Waals surface area contributed by atoms with Crippen LogP contribution >= 0.6 is 15.9 Å². The van der Waals surface area contributed by atoms with E-state index in [-0.39, 0.29) is 11.3 Å². The Labute approximate surface area is 112 Å². The maximum absolute atomic E-state index is 11.1. The Hall–Kier alpha value is -2.08. The van der Waals surface area contributed by atoms with Crippen LogP contribution in [0.3, 0.4) is 0 Å². The molecular weight excluding hydrogens is 298 g/mol. The number of primary amides is 1. The van der Waals surface area contributed by atoms with E-state index >= 15 is 0 Å². The summed E-state index contributed by atoms with van der Waals surface area (Å²) < 4.78 is 6.34. The van der Waals surface area contributed by atoms with Crippen molar-refractivity contribution in [3.05, 3.63) is 46.7 Å². The third-order valence-corrected chi connectivity index (χ3v) is 2.67. The van der Waals surface area contributed by atoms with Gasteiger partial charge in [-0.15, -0.1) is 0 Å². The highest BCUT2D eigenvalue weighted by Crippen LogP contribution is 2.30. The number of carbonyl (C=O) groups excluding carboxylic acids is 1. The Morgan fingerprint density at radius 3 is 2.78 bits per heavy atom. The van der Waals surface area contributed by atoms with Crippen molar-refractivity contribution in [3.63, 3.8) is 0 Å². The van der Waals surface area contributed by atoms with Crippen LogP contribution in [-0.2, 0) is 0 Å². The van der Waals surface area contributed by atoms with Gasteiger partial charge in [0.1, 0.15) is 5.75 Å². The maximum Gasteiger partial charge on any atom is 0.250 e. The number of para-hydroxylation sites is 1. The first-order valence-electron chi connectivity index (χ1n) is 5.04. The highest BCUT2D eigenvalue weighted by Gasteiger charge is 2.11. The van der Waals surface area contributed by atoms with E-state index in [1.165, 1.54) is 0 Å². The number of carbonyl (C=O) groups is 1. The first kappa shape index (κ1) is 12.4. The molecule has 0 fully saturated rings. The van der Waals surface area contributed by atoms with E-state index in [4.69, 9.17) is 16.2 Å². The molecule has 18 heavy (non-hydrogen) atoms. The highest BCUT2D eigenvalue weighted by atomic mass is 79.9. The summed E-state index contributed by atoms with van der Waals surface area (Å²) in [5.41, 5.74) is 11.5. The minimum absolute atomic E-state index is 0.213. The summed E-state index contributed by atoms with van der Waals surface area (Å²) in [5, 5.41) is 0. The van der Waals surface area contributed by atoms with Gasteiger partial charge in [-0.1, -0.05) is 6.07 Å². The van der Waals surface area contributed by atoms with E-state index in [9.17, 15) is 4.79 Å². The number of nitrogen functional groups attached to an aromatic ring is 1. The second kappa shape index (κ2) is 5.05. The Morgan fingerprint density at radius 2 is 2.11 bits per heavy atom. The van der Waals surface area contributed by atoms with Crippen molar-refractivity contribution in [1.29, 1.82) is 0 Å². The van der Waals surface area contributed by atoms with Crippen molar-refractivity contribution < 1.29 is 9.53 Å². The summed E-state index contributed by atoms with van der Waals surface area (Å²) in [7, 11) is 0. The second-order valence-electron chi connectivity index (χ2n) is 3.52. The normalized spacial score (nSPS) is 10.1. The summed E-state index contributed by atoms with van der Waals surface area (Å²) >= 11 is 3.28. The Balaban J connectivity index is 2.35. The molecule has 0 aliphatic carbocycles. The summed E-state index contributed by atoms with van der Waals surface area (Å²) in [5.74, 6) is 0.286. The minimum atomic E-state index is -0.592. The molecule has 0 saturated heterocycles. The molecule has 1 heterocycles. The summed E-state index contributed by atoms with van der Waals surface area (Å²) in [6.07, 6.45) is 3.18. The van der Waals surface area contributed by atoms with Gasteiger partial charge in [0.05, 0.1) is 17.4 Å². The van der Waals surface area contributed by atoms with E-state index in [0.717, 1.165) is 4.47 Å². The van der Waals surface area contributed by atoms with Crippen molar-refractivity contribution in [2.24, 2.45) is 5.73 Å². The number of nitrogens with zero attached hydrogens (tertiary/aromatic N) is 1. The van der Waals surface area contributed by atoms with Crippen LogP contribution in [0.2, 0.25) is 0 Å². The molecule has 0 atom stereocenters. The number of aromatic nitrogens is 1. The van der Waals surface area contributed by atoms with Crippen molar-refractivity contribution >= 4 is 27.5 Å². The van der Waals surface area contributed by atoms with E-state index in [1.54, 1.807) is 36.7 Å². The molecule has 6 heteroatoms. The van der Waals surface area contributed by atoms with Gasteiger partial charge in [-0.25, -0.2) is 0 Å². The third-order valence-electron chi connectivity index (χ3n) is 2.24. The molecule has 0 spiro atoms. The van der Waals surface area contributed by atoms with Crippen LogP contribution in [-0.4, -0.2) is 10.9 Å². The molecular formula is C12H10BrN3O2. The lowest BCUT2D eigenvalue weighted by Crippen LogP contribution is -2.13. The molecule has 2 aromatic rings. The Kier molecular flexibility index (Phi) is 3.47. The lowest BCUT2D eigenvalue weighted by atomic mass is 10.1. The predicted octanol–water partition coefficient (Wildman–Crippen LogP) is 2.32. The van der Waals surface area contributed by atoms with Crippen LogP contribution < -0.4 is 16.2 Å². The van der Waals surface area contributed by atoms with Crippen LogP contribution in [0.1, 0.15) is 10.4 Å². The number of ether oxygens (including phenoxy) is 1. The molecule has 0 aliphatic heterocycles. The topological polar surface area (TPSA) is 91.2 Å². The average Bonchev–Trinajstić information content (AvgIpc) is 2.31. The van der Waals surface area contributed by atoms with Crippen molar-refractivity contribution in [1.82, 2.24) is 4.98 Å². The molecule has 0 bridgehead atoms. The first-order chi connectivity index (χ1) is 8.58.